The van der Waals surface area contributed by atoms with Crippen LogP contribution in [-0.2, 0) is 21.1 Å². The van der Waals surface area contributed by atoms with Crippen LogP contribution in [0.15, 0.2) is 89.8 Å². The van der Waals surface area contributed by atoms with Gasteiger partial charge < -0.3 is 15.2 Å². The Kier molecular flexibility index (Phi) is 9.92. The molecule has 230 valence electrons. The van der Waals surface area contributed by atoms with Gasteiger partial charge in [0, 0.05) is 16.7 Å². The third-order valence-corrected chi connectivity index (χ3v) is 9.70. The Morgan fingerprint density at radius 1 is 1.00 bits per heavy atom. The van der Waals surface area contributed by atoms with Crippen molar-refractivity contribution in [2.75, 3.05) is 17.7 Å². The number of thiazole rings is 1. The average molecular weight is 665 g/mol. The van der Waals surface area contributed by atoms with Crippen molar-refractivity contribution in [2.24, 2.45) is 0 Å². The smallest absolute Gasteiger partial charge is 0.341 e. The Morgan fingerprint density at radius 3 is 2.58 bits per heavy atom. The van der Waals surface area contributed by atoms with Crippen molar-refractivity contribution in [1.82, 2.24) is 4.98 Å². The molecule has 1 aromatic heterocycles. The largest absolute Gasteiger partial charge is 0.480 e. The Labute approximate surface area is 267 Å². The molecule has 0 bridgehead atoms. The van der Waals surface area contributed by atoms with Crippen molar-refractivity contribution in [3.63, 3.8) is 0 Å². The molecule has 0 fully saturated rings. The molecule has 8 nitrogen and oxygen atoms in total. The zero-order valence-electron chi connectivity index (χ0n) is 23.6. The number of amides is 1. The van der Waals surface area contributed by atoms with Crippen LogP contribution in [0, 0.1) is 5.82 Å². The number of nitrogens with zero attached hydrogens (tertiary/aromatic N) is 1. The maximum absolute atomic E-state index is 13.5. The maximum Gasteiger partial charge on any atom is 0.341 e. The normalized spacial score (nSPS) is 11.6. The highest BCUT2D eigenvalue weighted by molar-refractivity contribution is 7.91. The molecule has 12 heteroatoms. The highest BCUT2D eigenvalue weighted by Gasteiger charge is 2.16. The average Bonchev–Trinajstić information content (AvgIpc) is 3.42. The van der Waals surface area contributed by atoms with Crippen LogP contribution in [0.3, 0.4) is 0 Å². The number of rotatable bonds is 12. The lowest BCUT2D eigenvalue weighted by Gasteiger charge is -2.14. The molecule has 0 spiro atoms. The Bertz CT molecular complexity index is 2010. The minimum absolute atomic E-state index is 0.0954. The van der Waals surface area contributed by atoms with Gasteiger partial charge in [-0.25, -0.2) is 22.6 Å². The number of carboxylic acids is 1. The molecular formula is C33H26ClFN2O6S2. The summed E-state index contributed by atoms with van der Waals surface area (Å²) < 4.78 is 45.2. The fraction of sp³-hybridized carbons (Fsp3) is 0.121. The van der Waals surface area contributed by atoms with Gasteiger partial charge in [0.1, 0.15) is 16.6 Å². The molecule has 2 N–H and O–H groups in total. The third kappa shape index (κ3) is 8.53. The monoisotopic (exact) mass is 664 g/mol. The van der Waals surface area contributed by atoms with Crippen molar-refractivity contribution in [1.29, 1.82) is 0 Å². The fourth-order valence-corrected chi connectivity index (χ4v) is 6.74. The summed E-state index contributed by atoms with van der Waals surface area (Å²) in [7, 11) is -3.52. The molecule has 4 aromatic carbocycles. The van der Waals surface area contributed by atoms with E-state index in [2.05, 4.69) is 10.3 Å². The number of benzene rings is 4. The summed E-state index contributed by atoms with van der Waals surface area (Å²) in [5.41, 5.74) is 2.62. The summed E-state index contributed by atoms with van der Waals surface area (Å²) in [5.74, 6) is -1.93. The molecule has 0 atom stereocenters. The van der Waals surface area contributed by atoms with E-state index in [0.29, 0.717) is 34.0 Å². The van der Waals surface area contributed by atoms with Crippen LogP contribution in [0.4, 0.5) is 10.1 Å². The Morgan fingerprint density at radius 2 is 1.80 bits per heavy atom. The molecule has 5 aromatic rings. The molecular weight excluding hydrogens is 639 g/mol. The summed E-state index contributed by atoms with van der Waals surface area (Å²) in [6.07, 6.45) is 4.28. The standard InChI is InChI=1S/C33H26ClFN2O6S2/c34-24-8-11-26(12-9-24)45(41,42)16-2-4-22-6-13-29(43-20-32(38)39)27(18-22)37-33(40)23-5-1-3-21(17-23)7-15-31-36-28-19-25(35)10-14-30(28)44-31/h1,3,5-15,17-19H,2,4,16,20H2,(H,37,40)(H,38,39). The van der Waals surface area contributed by atoms with Gasteiger partial charge in [-0.1, -0.05) is 35.9 Å². The summed E-state index contributed by atoms with van der Waals surface area (Å²) in [6.45, 7) is -0.611. The maximum atomic E-state index is 13.5. The Balaban J connectivity index is 1.29. The third-order valence-electron chi connectivity index (χ3n) is 6.63. The highest BCUT2D eigenvalue weighted by atomic mass is 35.5. The zero-order valence-corrected chi connectivity index (χ0v) is 26.0. The van der Waals surface area contributed by atoms with E-state index in [1.807, 2.05) is 6.07 Å². The number of anilines is 1. The van der Waals surface area contributed by atoms with E-state index >= 15 is 0 Å². The SMILES string of the molecule is O=C(O)COc1ccc(CCCS(=O)(=O)c2ccc(Cl)cc2)cc1NC(=O)c1cccc(C=Cc2nc3cc(F)ccc3s2)c1. The lowest BCUT2D eigenvalue weighted by Crippen LogP contribution is -2.15. The van der Waals surface area contributed by atoms with Crippen molar-refractivity contribution < 1.29 is 32.2 Å². The van der Waals surface area contributed by atoms with Crippen LogP contribution in [0.1, 0.15) is 32.9 Å². The van der Waals surface area contributed by atoms with Crippen LogP contribution < -0.4 is 10.1 Å². The van der Waals surface area contributed by atoms with Gasteiger partial charge in [-0.2, -0.15) is 0 Å². The number of aryl methyl sites for hydroxylation is 1. The number of aromatic nitrogens is 1. The number of aliphatic carboxylic acids is 1. The van der Waals surface area contributed by atoms with Gasteiger partial charge in [0.05, 0.1) is 26.6 Å². The summed E-state index contributed by atoms with van der Waals surface area (Å²) >= 11 is 7.28. The molecule has 0 unspecified atom stereocenters. The molecule has 0 saturated carbocycles. The van der Waals surface area contributed by atoms with Gasteiger partial charge in [-0.15, -0.1) is 11.3 Å². The van der Waals surface area contributed by atoms with E-state index in [-0.39, 0.29) is 27.9 Å². The number of carbonyl (C=O) groups excluding carboxylic acids is 1. The van der Waals surface area contributed by atoms with Crippen molar-refractivity contribution in [3.05, 3.63) is 117 Å². The van der Waals surface area contributed by atoms with E-state index in [9.17, 15) is 22.4 Å². The van der Waals surface area contributed by atoms with Crippen LogP contribution in [0.2, 0.25) is 5.02 Å². The van der Waals surface area contributed by atoms with Crippen molar-refractivity contribution in [2.45, 2.75) is 17.7 Å². The highest BCUT2D eigenvalue weighted by Crippen LogP contribution is 2.28. The first-order valence-corrected chi connectivity index (χ1v) is 16.5. The molecule has 0 aliphatic heterocycles. The number of ether oxygens (including phenoxy) is 1. The second kappa shape index (κ2) is 14.0. The summed E-state index contributed by atoms with van der Waals surface area (Å²) in [4.78, 5) is 29.0. The minimum atomic E-state index is -3.52. The number of hydrogen-bond donors (Lipinski definition) is 2. The number of carboxylic acid groups (broad SMARTS) is 1. The predicted molar refractivity (Wildman–Crippen MR) is 174 cm³/mol. The molecule has 0 aliphatic rings. The quantitative estimate of drug-likeness (QED) is 0.143. The number of hydrogen-bond acceptors (Lipinski definition) is 7. The molecule has 5 rings (SSSR count). The van der Waals surface area contributed by atoms with Crippen LogP contribution in [-0.4, -0.2) is 42.7 Å². The second-order valence-electron chi connectivity index (χ2n) is 9.97. The summed E-state index contributed by atoms with van der Waals surface area (Å²) in [6, 6.07) is 22.2. The summed E-state index contributed by atoms with van der Waals surface area (Å²) in [5, 5.41) is 13.0. The van der Waals surface area contributed by atoms with Crippen LogP contribution >= 0.6 is 22.9 Å². The molecule has 1 amide bonds. The van der Waals surface area contributed by atoms with Crippen LogP contribution in [0.5, 0.6) is 5.75 Å². The van der Waals surface area contributed by atoms with E-state index in [1.165, 1.54) is 47.7 Å². The van der Waals surface area contributed by atoms with Crippen molar-refractivity contribution in [3.8, 4) is 5.75 Å². The molecule has 1 heterocycles. The molecule has 0 radical (unpaired) electrons. The Hall–Kier alpha value is -4.58. The predicted octanol–water partition coefficient (Wildman–Crippen LogP) is 7.38. The van der Waals surface area contributed by atoms with E-state index in [0.717, 1.165) is 15.8 Å². The first kappa shape index (κ1) is 31.8. The number of halogens is 2. The van der Waals surface area contributed by atoms with Gasteiger partial charge in [-0.05, 0) is 90.7 Å². The van der Waals surface area contributed by atoms with Gasteiger partial charge >= 0.3 is 5.97 Å². The van der Waals surface area contributed by atoms with Gasteiger partial charge in [0.2, 0.25) is 0 Å². The lowest BCUT2D eigenvalue weighted by molar-refractivity contribution is -0.139. The first-order valence-electron chi connectivity index (χ1n) is 13.7. The lowest BCUT2D eigenvalue weighted by atomic mass is 10.1. The first-order chi connectivity index (χ1) is 21.6. The topological polar surface area (TPSA) is 123 Å². The van der Waals surface area contributed by atoms with Crippen molar-refractivity contribution >= 4 is 72.7 Å². The minimum Gasteiger partial charge on any atom is -0.480 e. The van der Waals surface area contributed by atoms with Gasteiger partial charge in [-0.3, -0.25) is 4.79 Å². The van der Waals surface area contributed by atoms with Gasteiger partial charge in [0.15, 0.2) is 16.4 Å². The molecule has 0 aliphatic carbocycles. The van der Waals surface area contributed by atoms with Gasteiger partial charge in [0.25, 0.3) is 5.91 Å². The second-order valence-corrected chi connectivity index (χ2v) is 13.6. The fourth-order valence-electron chi connectivity index (χ4n) is 4.46. The van der Waals surface area contributed by atoms with E-state index in [1.54, 1.807) is 54.6 Å². The van der Waals surface area contributed by atoms with E-state index < -0.39 is 28.3 Å². The number of fused-ring (bicyclic) bond motifs is 1. The van der Waals surface area contributed by atoms with Crippen LogP contribution in [0.25, 0.3) is 22.4 Å². The van der Waals surface area contributed by atoms with E-state index in [4.69, 9.17) is 21.4 Å². The number of sulfone groups is 1. The zero-order chi connectivity index (χ0) is 32.0. The molecule has 45 heavy (non-hydrogen) atoms. The number of carbonyl (C=O) groups is 2. The molecule has 0 saturated heterocycles. The number of nitrogens with one attached hydrogen (secondary N) is 1.